The molecule has 0 radical (unpaired) electrons. The van der Waals surface area contributed by atoms with Crippen molar-refractivity contribution in [3.05, 3.63) is 54.6 Å². The van der Waals surface area contributed by atoms with Crippen LogP contribution in [-0.4, -0.2) is 19.5 Å². The summed E-state index contributed by atoms with van der Waals surface area (Å²) in [6.45, 7) is 7.47. The molecule has 126 valence electrons. The molecule has 0 atom stereocenters. The third-order valence-electron chi connectivity index (χ3n) is 4.56. The molecule has 25 heavy (non-hydrogen) atoms. The van der Waals surface area contributed by atoms with E-state index in [1.54, 1.807) is 6.33 Å². The molecule has 4 aromatic rings. The number of rotatable bonds is 4. The van der Waals surface area contributed by atoms with Gasteiger partial charge < -0.3 is 4.57 Å². The average Bonchev–Trinajstić information content (AvgIpc) is 2.94. The number of aromatic nitrogens is 4. The van der Waals surface area contributed by atoms with E-state index in [1.807, 2.05) is 6.20 Å². The van der Waals surface area contributed by atoms with Crippen molar-refractivity contribution in [2.45, 2.75) is 33.7 Å². The van der Waals surface area contributed by atoms with Crippen LogP contribution in [0.1, 0.15) is 26.5 Å². The lowest BCUT2D eigenvalue weighted by atomic mass is 10.1. The van der Waals surface area contributed by atoms with Crippen molar-refractivity contribution in [3.8, 4) is 11.3 Å². The Morgan fingerprint density at radius 3 is 2.64 bits per heavy atom. The number of aryl methyl sites for hydroxylation is 1. The molecule has 0 aliphatic carbocycles. The Morgan fingerprint density at radius 2 is 1.84 bits per heavy atom. The highest BCUT2D eigenvalue weighted by atomic mass is 15.0. The summed E-state index contributed by atoms with van der Waals surface area (Å²) < 4.78 is 2.26. The first-order chi connectivity index (χ1) is 12.2. The van der Waals surface area contributed by atoms with Gasteiger partial charge in [0, 0.05) is 34.8 Å². The van der Waals surface area contributed by atoms with E-state index >= 15 is 0 Å². The lowest BCUT2D eigenvalue weighted by molar-refractivity contribution is 0.634. The van der Waals surface area contributed by atoms with Crippen molar-refractivity contribution in [1.82, 2.24) is 19.5 Å². The van der Waals surface area contributed by atoms with Gasteiger partial charge in [-0.2, -0.15) is 0 Å². The van der Waals surface area contributed by atoms with E-state index in [4.69, 9.17) is 4.98 Å². The summed E-state index contributed by atoms with van der Waals surface area (Å²) in [6.07, 6.45) is 4.54. The standard InChI is InChI=1S/C21H22N4/c1-4-25-20-8-6-5-7-17(20)18-10-15(12-22-21(18)25)19-11-16(9-14(2)3)23-13-24-19/h5-8,10-14H,4,9H2,1-3H3. The summed E-state index contributed by atoms with van der Waals surface area (Å²) in [6, 6.07) is 12.8. The fourth-order valence-electron chi connectivity index (χ4n) is 3.47. The molecule has 0 spiro atoms. The highest BCUT2D eigenvalue weighted by Crippen LogP contribution is 2.30. The van der Waals surface area contributed by atoms with E-state index in [1.165, 1.54) is 16.3 Å². The molecule has 4 heteroatoms. The molecule has 0 fully saturated rings. The van der Waals surface area contributed by atoms with E-state index in [0.29, 0.717) is 5.92 Å². The van der Waals surface area contributed by atoms with Gasteiger partial charge in [0.2, 0.25) is 0 Å². The van der Waals surface area contributed by atoms with Crippen molar-refractivity contribution in [2.24, 2.45) is 5.92 Å². The van der Waals surface area contributed by atoms with Crippen LogP contribution in [0.2, 0.25) is 0 Å². The van der Waals surface area contributed by atoms with E-state index in [0.717, 1.165) is 35.6 Å². The van der Waals surface area contributed by atoms with Crippen molar-refractivity contribution in [1.29, 1.82) is 0 Å². The fourth-order valence-corrected chi connectivity index (χ4v) is 3.47. The molecule has 0 saturated heterocycles. The quantitative estimate of drug-likeness (QED) is 0.536. The largest absolute Gasteiger partial charge is 0.326 e. The first-order valence-corrected chi connectivity index (χ1v) is 8.85. The van der Waals surface area contributed by atoms with Gasteiger partial charge in [-0.05, 0) is 37.5 Å². The second kappa shape index (κ2) is 6.28. The van der Waals surface area contributed by atoms with Gasteiger partial charge in [-0.1, -0.05) is 32.0 Å². The number of pyridine rings is 1. The number of benzene rings is 1. The van der Waals surface area contributed by atoms with Crippen LogP contribution in [0, 0.1) is 5.92 Å². The first kappa shape index (κ1) is 15.8. The van der Waals surface area contributed by atoms with E-state index in [-0.39, 0.29) is 0 Å². The number of para-hydroxylation sites is 1. The van der Waals surface area contributed by atoms with Crippen molar-refractivity contribution in [2.75, 3.05) is 0 Å². The number of hydrogen-bond acceptors (Lipinski definition) is 3. The molecule has 1 aromatic carbocycles. The van der Waals surface area contributed by atoms with Crippen LogP contribution in [0.3, 0.4) is 0 Å². The SMILES string of the molecule is CCn1c2ccccc2c2cc(-c3cc(CC(C)C)ncn3)cnc21. The topological polar surface area (TPSA) is 43.6 Å². The van der Waals surface area contributed by atoms with Crippen LogP contribution >= 0.6 is 0 Å². The average molecular weight is 330 g/mol. The fraction of sp³-hybridized carbons (Fsp3) is 0.286. The molecule has 0 bridgehead atoms. The van der Waals surface area contributed by atoms with Crippen LogP contribution in [0.15, 0.2) is 48.9 Å². The number of nitrogens with zero attached hydrogens (tertiary/aromatic N) is 4. The first-order valence-electron chi connectivity index (χ1n) is 8.85. The van der Waals surface area contributed by atoms with Crippen LogP contribution in [0.4, 0.5) is 0 Å². The molecule has 3 aromatic heterocycles. The third-order valence-corrected chi connectivity index (χ3v) is 4.56. The van der Waals surface area contributed by atoms with Gasteiger partial charge in [0.25, 0.3) is 0 Å². The monoisotopic (exact) mass is 330 g/mol. The van der Waals surface area contributed by atoms with Crippen LogP contribution in [-0.2, 0) is 13.0 Å². The summed E-state index contributed by atoms with van der Waals surface area (Å²) >= 11 is 0. The van der Waals surface area contributed by atoms with Gasteiger partial charge in [-0.25, -0.2) is 15.0 Å². The molecule has 0 aliphatic rings. The molecule has 0 amide bonds. The Hall–Kier alpha value is -2.75. The lowest BCUT2D eigenvalue weighted by Crippen LogP contribution is -1.99. The Labute approximate surface area is 147 Å². The van der Waals surface area contributed by atoms with Gasteiger partial charge in [-0.3, -0.25) is 0 Å². The van der Waals surface area contributed by atoms with Crippen LogP contribution in [0.5, 0.6) is 0 Å². The third kappa shape index (κ3) is 2.78. The minimum absolute atomic E-state index is 0.575. The molecule has 0 unspecified atom stereocenters. The van der Waals surface area contributed by atoms with Crippen molar-refractivity contribution >= 4 is 21.9 Å². The highest BCUT2D eigenvalue weighted by Gasteiger charge is 2.12. The zero-order valence-corrected chi connectivity index (χ0v) is 14.9. The smallest absolute Gasteiger partial charge is 0.140 e. The molecule has 4 rings (SSSR count). The molecule has 0 saturated carbocycles. The van der Waals surface area contributed by atoms with E-state index in [2.05, 4.69) is 71.7 Å². The maximum absolute atomic E-state index is 4.76. The number of fused-ring (bicyclic) bond motifs is 3. The van der Waals surface area contributed by atoms with Crippen molar-refractivity contribution < 1.29 is 0 Å². The van der Waals surface area contributed by atoms with E-state index in [9.17, 15) is 0 Å². The summed E-state index contributed by atoms with van der Waals surface area (Å²) in [5.41, 5.74) is 5.32. The van der Waals surface area contributed by atoms with Gasteiger partial charge in [-0.15, -0.1) is 0 Å². The zero-order chi connectivity index (χ0) is 17.4. The van der Waals surface area contributed by atoms with E-state index < -0.39 is 0 Å². The molecule has 3 heterocycles. The second-order valence-electron chi connectivity index (χ2n) is 6.85. The molecule has 4 nitrogen and oxygen atoms in total. The Bertz CT molecular complexity index is 1050. The second-order valence-corrected chi connectivity index (χ2v) is 6.85. The number of hydrogen-bond donors (Lipinski definition) is 0. The zero-order valence-electron chi connectivity index (χ0n) is 14.9. The molecular formula is C21H22N4. The molecule has 0 aliphatic heterocycles. The maximum Gasteiger partial charge on any atom is 0.140 e. The van der Waals surface area contributed by atoms with Gasteiger partial charge in [0.05, 0.1) is 11.2 Å². The molecular weight excluding hydrogens is 308 g/mol. The minimum atomic E-state index is 0.575. The summed E-state index contributed by atoms with van der Waals surface area (Å²) in [5.74, 6) is 0.575. The Kier molecular flexibility index (Phi) is 3.96. The Balaban J connectivity index is 1.88. The van der Waals surface area contributed by atoms with Crippen molar-refractivity contribution in [3.63, 3.8) is 0 Å². The predicted molar refractivity (Wildman–Crippen MR) is 102 cm³/mol. The van der Waals surface area contributed by atoms with Gasteiger partial charge in [0.15, 0.2) is 0 Å². The Morgan fingerprint density at radius 1 is 1.00 bits per heavy atom. The summed E-state index contributed by atoms with van der Waals surface area (Å²) in [5, 5.41) is 2.42. The van der Waals surface area contributed by atoms with Gasteiger partial charge >= 0.3 is 0 Å². The minimum Gasteiger partial charge on any atom is -0.326 e. The summed E-state index contributed by atoms with van der Waals surface area (Å²) in [4.78, 5) is 13.6. The maximum atomic E-state index is 4.76. The van der Waals surface area contributed by atoms with Crippen LogP contribution < -0.4 is 0 Å². The van der Waals surface area contributed by atoms with Gasteiger partial charge in [0.1, 0.15) is 12.0 Å². The molecule has 0 N–H and O–H groups in total. The highest BCUT2D eigenvalue weighted by molar-refractivity contribution is 6.07. The predicted octanol–water partition coefficient (Wildman–Crippen LogP) is 4.86. The summed E-state index contributed by atoms with van der Waals surface area (Å²) in [7, 11) is 0. The van der Waals surface area contributed by atoms with Crippen LogP contribution in [0.25, 0.3) is 33.2 Å². The lowest BCUT2D eigenvalue weighted by Gasteiger charge is -2.06. The normalized spacial score (nSPS) is 11.7.